The molecule has 0 aliphatic heterocycles. The first-order chi connectivity index (χ1) is 11.1. The van der Waals surface area contributed by atoms with Crippen molar-refractivity contribution in [3.8, 4) is 11.5 Å². The van der Waals surface area contributed by atoms with Gasteiger partial charge in [0, 0.05) is 12.6 Å². The van der Waals surface area contributed by atoms with Crippen LogP contribution in [0.25, 0.3) is 0 Å². The van der Waals surface area contributed by atoms with E-state index in [4.69, 9.17) is 9.47 Å². The number of aliphatic hydroxyl groups excluding tert-OH is 1. The Hall–Kier alpha value is -1.22. The molecule has 7 heteroatoms. The molecule has 3 unspecified atom stereocenters. The zero-order valence-corrected chi connectivity index (χ0v) is 17.0. The topological polar surface area (TPSA) is 75.1 Å². The smallest absolute Gasteiger partial charge is 0.191 e. The predicted molar refractivity (Wildman–Crippen MR) is 107 cm³/mol. The number of nitrogens with one attached hydrogen (secondary N) is 2. The van der Waals surface area contributed by atoms with Gasteiger partial charge in [0.2, 0.25) is 0 Å². The molecule has 6 nitrogen and oxygen atoms in total. The van der Waals surface area contributed by atoms with Gasteiger partial charge in [-0.25, -0.2) is 0 Å². The average Bonchev–Trinajstić information content (AvgIpc) is 3.26. The van der Waals surface area contributed by atoms with Gasteiger partial charge in [-0.05, 0) is 37.0 Å². The van der Waals surface area contributed by atoms with E-state index in [1.165, 1.54) is 6.42 Å². The number of aliphatic hydroxyl groups is 1. The number of methoxy groups -OCH3 is 2. The van der Waals surface area contributed by atoms with Crippen molar-refractivity contribution in [3.05, 3.63) is 23.8 Å². The third kappa shape index (κ3) is 5.70. The number of hydrogen-bond donors (Lipinski definition) is 3. The van der Waals surface area contributed by atoms with Crippen molar-refractivity contribution in [1.29, 1.82) is 0 Å². The molecule has 0 saturated heterocycles. The molecular formula is C17H28IN3O3. The number of benzene rings is 1. The number of guanidine groups is 1. The molecule has 3 atom stereocenters. The summed E-state index contributed by atoms with van der Waals surface area (Å²) in [6.45, 7) is 5.31. The largest absolute Gasteiger partial charge is 0.493 e. The monoisotopic (exact) mass is 449 g/mol. The molecule has 3 N–H and O–H groups in total. The van der Waals surface area contributed by atoms with Crippen molar-refractivity contribution in [2.75, 3.05) is 27.3 Å². The van der Waals surface area contributed by atoms with Gasteiger partial charge in [-0.3, -0.25) is 4.99 Å². The standard InChI is InChI=1S/C17H27N3O3.HI/c1-5-18-17(20-13-8-11(13)2)19-10-14(21)12-6-7-15(22-3)16(9-12)23-4;/h6-7,9,11,13-14,21H,5,8,10H2,1-4H3,(H2,18,19,20);1H. The summed E-state index contributed by atoms with van der Waals surface area (Å²) in [5.74, 6) is 2.69. The Kier molecular flexibility index (Phi) is 8.61. The molecule has 1 aromatic rings. The number of aliphatic imine (C=N–C) groups is 1. The maximum atomic E-state index is 10.4. The fourth-order valence-electron chi connectivity index (χ4n) is 2.36. The number of rotatable bonds is 7. The highest BCUT2D eigenvalue weighted by Gasteiger charge is 2.33. The van der Waals surface area contributed by atoms with Crippen LogP contribution in [-0.4, -0.2) is 44.4 Å². The van der Waals surface area contributed by atoms with Crippen molar-refractivity contribution in [1.82, 2.24) is 10.6 Å². The SMILES string of the molecule is CCNC(=NCC(O)c1ccc(OC)c(OC)c1)NC1CC1C.I. The van der Waals surface area contributed by atoms with E-state index in [2.05, 4.69) is 22.5 Å². The molecule has 0 spiro atoms. The van der Waals surface area contributed by atoms with Gasteiger partial charge in [-0.15, -0.1) is 24.0 Å². The maximum absolute atomic E-state index is 10.4. The minimum absolute atomic E-state index is 0. The molecule has 1 saturated carbocycles. The van der Waals surface area contributed by atoms with Gasteiger partial charge in [0.25, 0.3) is 0 Å². The van der Waals surface area contributed by atoms with Gasteiger partial charge in [0.15, 0.2) is 17.5 Å². The van der Waals surface area contributed by atoms with Crippen LogP contribution in [0.4, 0.5) is 0 Å². The number of ether oxygens (including phenoxy) is 2. The van der Waals surface area contributed by atoms with Gasteiger partial charge in [-0.1, -0.05) is 13.0 Å². The minimum Gasteiger partial charge on any atom is -0.493 e. The second-order valence-electron chi connectivity index (χ2n) is 5.81. The van der Waals surface area contributed by atoms with Gasteiger partial charge in [0.05, 0.1) is 26.9 Å². The van der Waals surface area contributed by atoms with Gasteiger partial charge < -0.3 is 25.2 Å². The lowest BCUT2D eigenvalue weighted by Gasteiger charge is -2.14. The van der Waals surface area contributed by atoms with Crippen LogP contribution in [0.2, 0.25) is 0 Å². The average molecular weight is 449 g/mol. The second kappa shape index (κ2) is 9.93. The highest BCUT2D eigenvalue weighted by atomic mass is 127. The fourth-order valence-corrected chi connectivity index (χ4v) is 2.36. The first-order valence-electron chi connectivity index (χ1n) is 8.03. The molecule has 0 bridgehead atoms. The molecule has 24 heavy (non-hydrogen) atoms. The first-order valence-corrected chi connectivity index (χ1v) is 8.03. The lowest BCUT2D eigenvalue weighted by Crippen LogP contribution is -2.39. The molecule has 1 fully saturated rings. The highest BCUT2D eigenvalue weighted by Crippen LogP contribution is 2.30. The Morgan fingerprint density at radius 1 is 1.33 bits per heavy atom. The van der Waals surface area contributed by atoms with Crippen LogP contribution in [-0.2, 0) is 0 Å². The van der Waals surface area contributed by atoms with Gasteiger partial charge >= 0.3 is 0 Å². The summed E-state index contributed by atoms with van der Waals surface area (Å²) in [6, 6.07) is 5.88. The summed E-state index contributed by atoms with van der Waals surface area (Å²) in [5.41, 5.74) is 0.752. The molecule has 0 amide bonds. The molecular weight excluding hydrogens is 421 g/mol. The molecule has 136 valence electrons. The summed E-state index contributed by atoms with van der Waals surface area (Å²) in [5, 5.41) is 16.9. The second-order valence-corrected chi connectivity index (χ2v) is 5.81. The summed E-state index contributed by atoms with van der Waals surface area (Å²) >= 11 is 0. The molecule has 1 aliphatic rings. The van der Waals surface area contributed by atoms with Crippen LogP contribution < -0.4 is 20.1 Å². The van der Waals surface area contributed by atoms with E-state index >= 15 is 0 Å². The van der Waals surface area contributed by atoms with E-state index in [9.17, 15) is 5.11 Å². The van der Waals surface area contributed by atoms with Gasteiger partial charge in [-0.2, -0.15) is 0 Å². The zero-order valence-electron chi connectivity index (χ0n) is 14.7. The predicted octanol–water partition coefficient (Wildman–Crippen LogP) is 2.32. The van der Waals surface area contributed by atoms with E-state index in [1.807, 2.05) is 13.0 Å². The molecule has 1 aliphatic carbocycles. The van der Waals surface area contributed by atoms with E-state index in [-0.39, 0.29) is 30.5 Å². The summed E-state index contributed by atoms with van der Waals surface area (Å²) in [6.07, 6.45) is 0.477. The van der Waals surface area contributed by atoms with Crippen molar-refractivity contribution < 1.29 is 14.6 Å². The fraction of sp³-hybridized carbons (Fsp3) is 0.588. The third-order valence-electron chi connectivity index (χ3n) is 3.99. The summed E-state index contributed by atoms with van der Waals surface area (Å²) < 4.78 is 10.5. The van der Waals surface area contributed by atoms with E-state index in [0.29, 0.717) is 23.5 Å². The number of halogens is 1. The van der Waals surface area contributed by atoms with E-state index in [1.54, 1.807) is 26.4 Å². The quantitative estimate of drug-likeness (QED) is 0.339. The van der Waals surface area contributed by atoms with E-state index in [0.717, 1.165) is 18.1 Å². The Bertz CT molecular complexity index is 554. The molecule has 0 aromatic heterocycles. The summed E-state index contributed by atoms with van der Waals surface area (Å²) in [4.78, 5) is 4.47. The molecule has 0 heterocycles. The third-order valence-corrected chi connectivity index (χ3v) is 3.99. The number of hydrogen-bond acceptors (Lipinski definition) is 4. The van der Waals surface area contributed by atoms with Crippen molar-refractivity contribution in [2.24, 2.45) is 10.9 Å². The molecule has 2 rings (SSSR count). The van der Waals surface area contributed by atoms with Gasteiger partial charge in [0.1, 0.15) is 0 Å². The zero-order chi connectivity index (χ0) is 16.8. The first kappa shape index (κ1) is 20.8. The van der Waals surface area contributed by atoms with Crippen LogP contribution in [0, 0.1) is 5.92 Å². The Morgan fingerprint density at radius 2 is 2.00 bits per heavy atom. The van der Waals surface area contributed by atoms with Crippen molar-refractivity contribution in [2.45, 2.75) is 32.4 Å². The lowest BCUT2D eigenvalue weighted by molar-refractivity contribution is 0.186. The van der Waals surface area contributed by atoms with Crippen LogP contribution >= 0.6 is 24.0 Å². The minimum atomic E-state index is -0.693. The Balaban J connectivity index is 0.00000288. The highest BCUT2D eigenvalue weighted by molar-refractivity contribution is 14.0. The van der Waals surface area contributed by atoms with Crippen molar-refractivity contribution in [3.63, 3.8) is 0 Å². The molecule has 1 aromatic carbocycles. The maximum Gasteiger partial charge on any atom is 0.191 e. The van der Waals surface area contributed by atoms with Crippen LogP contribution in [0.1, 0.15) is 31.9 Å². The van der Waals surface area contributed by atoms with Crippen LogP contribution in [0.3, 0.4) is 0 Å². The normalized spacial score (nSPS) is 20.6. The Morgan fingerprint density at radius 3 is 2.54 bits per heavy atom. The van der Waals surface area contributed by atoms with E-state index < -0.39 is 6.10 Å². The van der Waals surface area contributed by atoms with Crippen molar-refractivity contribution >= 4 is 29.9 Å². The molecule has 0 radical (unpaired) electrons. The number of nitrogens with zero attached hydrogens (tertiary/aromatic N) is 1. The van der Waals surface area contributed by atoms with Crippen LogP contribution in [0.15, 0.2) is 23.2 Å². The summed E-state index contributed by atoms with van der Waals surface area (Å²) in [7, 11) is 3.17. The van der Waals surface area contributed by atoms with Crippen LogP contribution in [0.5, 0.6) is 11.5 Å². The lowest BCUT2D eigenvalue weighted by atomic mass is 10.1. The Labute approximate surface area is 161 Å².